The number of aryl methyl sites for hydroxylation is 1. The molecule has 1 N–H and O–H groups in total. The van der Waals surface area contributed by atoms with Crippen molar-refractivity contribution in [2.45, 2.75) is 26.3 Å². The number of nitrogens with zero attached hydrogens (tertiary/aromatic N) is 2. The number of aromatic nitrogens is 1. The molecule has 0 radical (unpaired) electrons. The molecule has 0 saturated heterocycles. The molecule has 0 fully saturated rings. The molecule has 1 aliphatic heterocycles. The van der Waals surface area contributed by atoms with E-state index in [4.69, 9.17) is 0 Å². The normalized spacial score (nSPS) is 21.4. The fourth-order valence-corrected chi connectivity index (χ4v) is 2.66. The van der Waals surface area contributed by atoms with Crippen LogP contribution >= 0.6 is 11.3 Å². The number of anilines is 1. The average molecular weight is 251 g/mol. The smallest absolute Gasteiger partial charge is 0.249 e. The second-order valence-electron chi connectivity index (χ2n) is 4.17. The third-order valence-electron chi connectivity index (χ3n) is 2.96. The van der Waals surface area contributed by atoms with Crippen LogP contribution in [-0.2, 0) is 4.79 Å². The van der Waals surface area contributed by atoms with Gasteiger partial charge in [0.1, 0.15) is 11.9 Å². The molecular weight excluding hydrogens is 234 g/mol. The van der Waals surface area contributed by atoms with Crippen LogP contribution in [0, 0.1) is 6.92 Å². The van der Waals surface area contributed by atoms with Crippen molar-refractivity contribution < 1.29 is 4.79 Å². The summed E-state index contributed by atoms with van der Waals surface area (Å²) in [7, 11) is 1.82. The first-order valence-electron chi connectivity index (χ1n) is 5.71. The van der Waals surface area contributed by atoms with Gasteiger partial charge in [0.15, 0.2) is 0 Å². The minimum atomic E-state index is -0.223. The molecule has 92 valence electrons. The number of nitrogens with one attached hydrogen (secondary N) is 1. The molecule has 17 heavy (non-hydrogen) atoms. The first-order chi connectivity index (χ1) is 8.13. The van der Waals surface area contributed by atoms with Gasteiger partial charge < -0.3 is 5.32 Å². The summed E-state index contributed by atoms with van der Waals surface area (Å²) in [6.45, 7) is 4.65. The van der Waals surface area contributed by atoms with E-state index in [2.05, 4.69) is 16.4 Å². The van der Waals surface area contributed by atoms with E-state index in [0.29, 0.717) is 6.54 Å². The van der Waals surface area contributed by atoms with Crippen LogP contribution in [0.25, 0.3) is 0 Å². The molecule has 0 aromatic carbocycles. The Hall–Kier alpha value is -1.20. The zero-order valence-corrected chi connectivity index (χ0v) is 11.2. The van der Waals surface area contributed by atoms with Gasteiger partial charge in [-0.2, -0.15) is 0 Å². The monoisotopic (exact) mass is 251 g/mol. The number of carbonyl (C=O) groups excluding carboxylic acids is 1. The third kappa shape index (κ3) is 2.40. The fourth-order valence-electron chi connectivity index (χ4n) is 2.05. The summed E-state index contributed by atoms with van der Waals surface area (Å²) in [4.78, 5) is 18.6. The summed E-state index contributed by atoms with van der Waals surface area (Å²) in [5.74, 6) is 0.866. The van der Waals surface area contributed by atoms with Gasteiger partial charge in [-0.05, 0) is 27.3 Å². The fraction of sp³-hybridized carbons (Fsp3) is 0.500. The summed E-state index contributed by atoms with van der Waals surface area (Å²) < 4.78 is 0. The molecule has 0 spiro atoms. The Morgan fingerprint density at radius 2 is 2.29 bits per heavy atom. The van der Waals surface area contributed by atoms with Crippen molar-refractivity contribution in [1.29, 1.82) is 0 Å². The van der Waals surface area contributed by atoms with E-state index in [1.807, 2.05) is 26.3 Å². The van der Waals surface area contributed by atoms with Crippen LogP contribution in [0.15, 0.2) is 17.0 Å². The zero-order chi connectivity index (χ0) is 12.4. The highest BCUT2D eigenvalue weighted by atomic mass is 32.1. The molecular formula is C12H17N3OS. The van der Waals surface area contributed by atoms with E-state index in [-0.39, 0.29) is 11.9 Å². The van der Waals surface area contributed by atoms with Gasteiger partial charge in [-0.25, -0.2) is 4.98 Å². The second-order valence-corrected chi connectivity index (χ2v) is 5.24. The number of hydrogen-bond donors (Lipinski definition) is 1. The molecule has 1 unspecified atom stereocenters. The summed E-state index contributed by atoms with van der Waals surface area (Å²) in [5, 5.41) is 6.00. The highest BCUT2D eigenvalue weighted by Gasteiger charge is 2.28. The molecule has 1 aromatic rings. The van der Waals surface area contributed by atoms with Crippen molar-refractivity contribution in [2.75, 3.05) is 18.5 Å². The Kier molecular flexibility index (Phi) is 3.59. The summed E-state index contributed by atoms with van der Waals surface area (Å²) >= 11 is 1.57. The van der Waals surface area contributed by atoms with E-state index in [9.17, 15) is 4.79 Å². The predicted molar refractivity (Wildman–Crippen MR) is 70.4 cm³/mol. The molecule has 4 nitrogen and oxygen atoms in total. The lowest BCUT2D eigenvalue weighted by Gasteiger charge is -2.23. The van der Waals surface area contributed by atoms with E-state index in [1.54, 1.807) is 16.2 Å². The molecule has 2 heterocycles. The van der Waals surface area contributed by atoms with Crippen LogP contribution in [0.2, 0.25) is 0 Å². The molecule has 0 saturated carbocycles. The Bertz CT molecular complexity index is 452. The van der Waals surface area contributed by atoms with Gasteiger partial charge in [-0.3, -0.25) is 9.69 Å². The van der Waals surface area contributed by atoms with Gasteiger partial charge in [0.2, 0.25) is 5.91 Å². The highest BCUT2D eigenvalue weighted by Crippen LogP contribution is 2.22. The number of amides is 1. The Labute approximate surface area is 105 Å². The molecule has 1 aromatic heterocycles. The van der Waals surface area contributed by atoms with Gasteiger partial charge in [0, 0.05) is 11.9 Å². The molecule has 2 rings (SSSR count). The van der Waals surface area contributed by atoms with Gasteiger partial charge in [0.05, 0.1) is 5.01 Å². The van der Waals surface area contributed by atoms with Crippen LogP contribution < -0.4 is 10.2 Å². The van der Waals surface area contributed by atoms with E-state index >= 15 is 0 Å². The van der Waals surface area contributed by atoms with E-state index in [0.717, 1.165) is 22.8 Å². The van der Waals surface area contributed by atoms with Gasteiger partial charge in [-0.15, -0.1) is 11.3 Å². The SMILES string of the molecule is CNC1C(=O)N(c2csc(C)n2)CCC=C1C. The zero-order valence-electron chi connectivity index (χ0n) is 10.4. The molecule has 1 amide bonds. The average Bonchev–Trinajstić information content (AvgIpc) is 2.65. The molecule has 0 bridgehead atoms. The lowest BCUT2D eigenvalue weighted by Crippen LogP contribution is -2.45. The van der Waals surface area contributed by atoms with E-state index in [1.165, 1.54) is 0 Å². The quantitative estimate of drug-likeness (QED) is 0.814. The molecule has 1 atom stereocenters. The van der Waals surface area contributed by atoms with Gasteiger partial charge >= 0.3 is 0 Å². The van der Waals surface area contributed by atoms with Crippen LogP contribution in [0.4, 0.5) is 5.82 Å². The Balaban J connectivity index is 2.28. The van der Waals surface area contributed by atoms with Crippen molar-refractivity contribution in [3.05, 3.63) is 22.0 Å². The summed E-state index contributed by atoms with van der Waals surface area (Å²) in [6, 6.07) is -0.223. The second kappa shape index (κ2) is 4.98. The van der Waals surface area contributed by atoms with Crippen molar-refractivity contribution in [3.8, 4) is 0 Å². The molecule has 5 heteroatoms. The van der Waals surface area contributed by atoms with Gasteiger partial charge in [0.25, 0.3) is 0 Å². The maximum atomic E-state index is 12.4. The topological polar surface area (TPSA) is 45.2 Å². The third-order valence-corrected chi connectivity index (χ3v) is 3.72. The maximum Gasteiger partial charge on any atom is 0.249 e. The number of hydrogen-bond acceptors (Lipinski definition) is 4. The van der Waals surface area contributed by atoms with Crippen LogP contribution in [-0.4, -0.2) is 30.5 Å². The van der Waals surface area contributed by atoms with Crippen molar-refractivity contribution in [1.82, 2.24) is 10.3 Å². The van der Waals surface area contributed by atoms with Crippen molar-refractivity contribution in [2.24, 2.45) is 0 Å². The summed E-state index contributed by atoms with van der Waals surface area (Å²) in [5.41, 5.74) is 1.09. The van der Waals surface area contributed by atoms with Crippen molar-refractivity contribution >= 4 is 23.1 Å². The number of rotatable bonds is 2. The largest absolute Gasteiger partial charge is 0.306 e. The van der Waals surface area contributed by atoms with Gasteiger partial charge in [-0.1, -0.05) is 11.6 Å². The van der Waals surface area contributed by atoms with Crippen molar-refractivity contribution in [3.63, 3.8) is 0 Å². The Morgan fingerprint density at radius 3 is 2.88 bits per heavy atom. The lowest BCUT2D eigenvalue weighted by molar-refractivity contribution is -0.119. The number of likely N-dealkylation sites (N-methyl/N-ethyl adjacent to an activating group) is 1. The number of thiazole rings is 1. The van der Waals surface area contributed by atoms with Crippen LogP contribution in [0.1, 0.15) is 18.4 Å². The maximum absolute atomic E-state index is 12.4. The summed E-state index contributed by atoms with van der Waals surface area (Å²) in [6.07, 6.45) is 3.00. The standard InChI is InChI=1S/C12H17N3OS/c1-8-5-4-6-15(12(16)11(8)13-3)10-7-17-9(2)14-10/h5,7,11,13H,4,6H2,1-3H3. The lowest BCUT2D eigenvalue weighted by atomic mass is 10.1. The number of carbonyl (C=O) groups is 1. The Morgan fingerprint density at radius 1 is 1.53 bits per heavy atom. The predicted octanol–water partition coefficient (Wildman–Crippen LogP) is 1.72. The minimum absolute atomic E-state index is 0.0871. The van der Waals surface area contributed by atoms with E-state index < -0.39 is 0 Å². The first kappa shape index (κ1) is 12.3. The molecule has 0 aliphatic carbocycles. The molecule has 1 aliphatic rings. The highest BCUT2D eigenvalue weighted by molar-refractivity contribution is 7.09. The minimum Gasteiger partial charge on any atom is -0.306 e. The van der Waals surface area contributed by atoms with Crippen LogP contribution in [0.5, 0.6) is 0 Å². The first-order valence-corrected chi connectivity index (χ1v) is 6.59. The van der Waals surface area contributed by atoms with Crippen LogP contribution in [0.3, 0.4) is 0 Å².